The van der Waals surface area contributed by atoms with E-state index in [0.29, 0.717) is 22.6 Å². The lowest BCUT2D eigenvalue weighted by molar-refractivity contribution is 0.431. The Kier molecular flexibility index (Phi) is 3.07. The zero-order valence-corrected chi connectivity index (χ0v) is 14.7. The standard InChI is InChI=1S/C17H12N6O2S/c1-8-9(2)26-17-11(8)15(24)19-14-12(20-22-23(14)17)16-18-13(21-25-16)10-6-4-3-5-7-10/h3-7,22H,1-2H3. The molecule has 0 aliphatic rings. The van der Waals surface area contributed by atoms with Crippen molar-refractivity contribution in [2.45, 2.75) is 13.8 Å². The number of hydrogen-bond donors (Lipinski definition) is 1. The van der Waals surface area contributed by atoms with Crippen molar-refractivity contribution in [3.8, 4) is 23.0 Å². The second-order valence-electron chi connectivity index (χ2n) is 5.89. The van der Waals surface area contributed by atoms with Crippen molar-refractivity contribution in [2.75, 3.05) is 0 Å². The largest absolute Gasteiger partial charge is 0.332 e. The van der Waals surface area contributed by atoms with Crippen LogP contribution in [-0.4, -0.2) is 30.0 Å². The van der Waals surface area contributed by atoms with Crippen LogP contribution in [0.1, 0.15) is 10.4 Å². The van der Waals surface area contributed by atoms with Crippen molar-refractivity contribution in [2.24, 2.45) is 0 Å². The molecule has 0 bridgehead atoms. The number of rotatable bonds is 2. The van der Waals surface area contributed by atoms with E-state index in [-0.39, 0.29) is 11.4 Å². The summed E-state index contributed by atoms with van der Waals surface area (Å²) < 4.78 is 7.04. The van der Waals surface area contributed by atoms with E-state index in [2.05, 4.69) is 25.4 Å². The molecule has 9 heteroatoms. The van der Waals surface area contributed by atoms with Crippen LogP contribution < -0.4 is 5.56 Å². The van der Waals surface area contributed by atoms with Crippen LogP contribution in [0.4, 0.5) is 0 Å². The third-order valence-corrected chi connectivity index (χ3v) is 5.53. The quantitative estimate of drug-likeness (QED) is 0.517. The molecule has 0 atom stereocenters. The Bertz CT molecular complexity index is 1330. The molecular formula is C17H12N6O2S. The summed E-state index contributed by atoms with van der Waals surface area (Å²) >= 11 is 1.52. The summed E-state index contributed by atoms with van der Waals surface area (Å²) in [5.41, 5.74) is 2.21. The molecule has 1 aromatic carbocycles. The molecule has 0 saturated heterocycles. The summed E-state index contributed by atoms with van der Waals surface area (Å²) in [6.07, 6.45) is 0. The van der Waals surface area contributed by atoms with Crippen molar-refractivity contribution >= 4 is 27.2 Å². The van der Waals surface area contributed by atoms with E-state index in [1.807, 2.05) is 44.2 Å². The van der Waals surface area contributed by atoms with Crippen molar-refractivity contribution in [3.63, 3.8) is 0 Å². The van der Waals surface area contributed by atoms with E-state index in [4.69, 9.17) is 4.52 Å². The first-order valence-corrected chi connectivity index (χ1v) is 8.71. The monoisotopic (exact) mass is 364 g/mol. The summed E-state index contributed by atoms with van der Waals surface area (Å²) in [7, 11) is 0. The minimum atomic E-state index is -0.285. The van der Waals surface area contributed by atoms with E-state index in [9.17, 15) is 4.79 Å². The third-order valence-electron chi connectivity index (χ3n) is 4.34. The number of fused-ring (bicyclic) bond motifs is 3. The molecule has 0 fully saturated rings. The van der Waals surface area contributed by atoms with E-state index in [1.54, 1.807) is 4.52 Å². The number of nitrogens with one attached hydrogen (secondary N) is 1. The third kappa shape index (κ3) is 2.04. The fraction of sp³-hybridized carbons (Fsp3) is 0.118. The lowest BCUT2D eigenvalue weighted by atomic mass is 10.2. The maximum atomic E-state index is 12.5. The van der Waals surface area contributed by atoms with Gasteiger partial charge in [0.15, 0.2) is 11.3 Å². The minimum Gasteiger partial charge on any atom is -0.332 e. The summed E-state index contributed by atoms with van der Waals surface area (Å²) in [6.45, 7) is 3.90. The lowest BCUT2D eigenvalue weighted by Gasteiger charge is -1.95. The summed E-state index contributed by atoms with van der Waals surface area (Å²) in [5.74, 6) is 0.659. The van der Waals surface area contributed by atoms with Crippen molar-refractivity contribution in [1.29, 1.82) is 0 Å². The van der Waals surface area contributed by atoms with Crippen LogP contribution in [0.25, 0.3) is 38.8 Å². The minimum absolute atomic E-state index is 0.207. The molecule has 8 nitrogen and oxygen atoms in total. The SMILES string of the molecule is Cc1sc2c(c1C)c(=O)nc1c(-c3nc(-c4ccccc4)no3)n[nH]n12. The maximum absolute atomic E-state index is 12.5. The molecule has 0 spiro atoms. The Hall–Kier alpha value is -3.33. The van der Waals surface area contributed by atoms with Gasteiger partial charge in [0.25, 0.3) is 11.4 Å². The van der Waals surface area contributed by atoms with Gasteiger partial charge in [-0.25, -0.2) is 9.73 Å². The van der Waals surface area contributed by atoms with Gasteiger partial charge in [-0.05, 0) is 19.4 Å². The smallest absolute Gasteiger partial charge is 0.282 e. The number of aromatic nitrogens is 6. The number of H-pyrrole nitrogens is 1. The van der Waals surface area contributed by atoms with E-state index < -0.39 is 0 Å². The average Bonchev–Trinajstić information content (AvgIpc) is 3.34. The number of nitrogens with zero attached hydrogens (tertiary/aromatic N) is 5. The van der Waals surface area contributed by atoms with Crippen LogP contribution in [0.3, 0.4) is 0 Å². The molecule has 26 heavy (non-hydrogen) atoms. The molecule has 0 radical (unpaired) electrons. The summed E-state index contributed by atoms with van der Waals surface area (Å²) in [6, 6.07) is 9.49. The second kappa shape index (κ2) is 5.33. The topological polar surface area (TPSA) is 102 Å². The molecule has 128 valence electrons. The number of thiophene rings is 1. The molecule has 1 N–H and O–H groups in total. The number of hydrogen-bond acceptors (Lipinski definition) is 7. The Morgan fingerprint density at radius 2 is 1.96 bits per heavy atom. The van der Waals surface area contributed by atoms with Gasteiger partial charge < -0.3 is 4.52 Å². The summed E-state index contributed by atoms with van der Waals surface area (Å²) in [4.78, 5) is 22.9. The summed E-state index contributed by atoms with van der Waals surface area (Å²) in [5, 5.41) is 11.8. The van der Waals surface area contributed by atoms with Gasteiger partial charge in [0.2, 0.25) is 5.82 Å². The van der Waals surface area contributed by atoms with Crippen LogP contribution in [-0.2, 0) is 0 Å². The van der Waals surface area contributed by atoms with Crippen molar-refractivity contribution in [3.05, 3.63) is 51.1 Å². The van der Waals surface area contributed by atoms with Gasteiger partial charge in [0, 0.05) is 10.4 Å². The predicted molar refractivity (Wildman–Crippen MR) is 97.2 cm³/mol. The fourth-order valence-electron chi connectivity index (χ4n) is 2.89. The lowest BCUT2D eigenvalue weighted by Crippen LogP contribution is -2.09. The molecule has 4 heterocycles. The van der Waals surface area contributed by atoms with Gasteiger partial charge in [-0.15, -0.1) is 16.4 Å². The van der Waals surface area contributed by atoms with E-state index >= 15 is 0 Å². The molecule has 0 unspecified atom stereocenters. The Balaban J connectivity index is 1.73. The molecule has 5 aromatic rings. The van der Waals surface area contributed by atoms with Gasteiger partial charge in [-0.2, -0.15) is 9.97 Å². The highest BCUT2D eigenvalue weighted by atomic mass is 32.1. The first-order valence-electron chi connectivity index (χ1n) is 7.90. The number of aromatic amines is 1. The van der Waals surface area contributed by atoms with Crippen LogP contribution in [0, 0.1) is 13.8 Å². The first-order chi connectivity index (χ1) is 12.6. The van der Waals surface area contributed by atoms with Gasteiger partial charge in [0.05, 0.1) is 5.39 Å². The van der Waals surface area contributed by atoms with Gasteiger partial charge in [0.1, 0.15) is 4.83 Å². The highest BCUT2D eigenvalue weighted by Crippen LogP contribution is 2.29. The van der Waals surface area contributed by atoms with E-state index in [1.165, 1.54) is 11.3 Å². The molecule has 0 amide bonds. The predicted octanol–water partition coefficient (Wildman–Crippen LogP) is 2.97. The molecule has 5 rings (SSSR count). The maximum Gasteiger partial charge on any atom is 0.282 e. The molecule has 0 saturated carbocycles. The zero-order valence-electron chi connectivity index (χ0n) is 13.8. The van der Waals surface area contributed by atoms with E-state index in [0.717, 1.165) is 20.8 Å². The van der Waals surface area contributed by atoms with Gasteiger partial charge in [-0.1, -0.05) is 35.5 Å². The van der Waals surface area contributed by atoms with Crippen molar-refractivity contribution < 1.29 is 4.52 Å². The van der Waals surface area contributed by atoms with Crippen molar-refractivity contribution in [1.82, 2.24) is 30.0 Å². The van der Waals surface area contributed by atoms with Gasteiger partial charge in [-0.3, -0.25) is 4.79 Å². The molecular weight excluding hydrogens is 352 g/mol. The number of aryl methyl sites for hydroxylation is 2. The molecule has 0 aliphatic heterocycles. The Labute approximate surface area is 150 Å². The number of benzene rings is 1. The highest BCUT2D eigenvalue weighted by Gasteiger charge is 2.21. The second-order valence-corrected chi connectivity index (χ2v) is 7.09. The van der Waals surface area contributed by atoms with Crippen LogP contribution in [0.5, 0.6) is 0 Å². The average molecular weight is 364 g/mol. The highest BCUT2D eigenvalue weighted by molar-refractivity contribution is 7.18. The van der Waals surface area contributed by atoms with Gasteiger partial charge >= 0.3 is 0 Å². The first kappa shape index (κ1) is 15.0. The Morgan fingerprint density at radius 3 is 2.77 bits per heavy atom. The molecule has 4 aromatic heterocycles. The van der Waals surface area contributed by atoms with Crippen LogP contribution >= 0.6 is 11.3 Å². The Morgan fingerprint density at radius 1 is 1.15 bits per heavy atom. The zero-order chi connectivity index (χ0) is 17.8. The molecule has 0 aliphatic carbocycles. The normalized spacial score (nSPS) is 11.6. The fourth-order valence-corrected chi connectivity index (χ4v) is 3.99. The van der Waals surface area contributed by atoms with Crippen LogP contribution in [0.15, 0.2) is 39.6 Å². The van der Waals surface area contributed by atoms with Crippen LogP contribution in [0.2, 0.25) is 0 Å².